The first-order valence-corrected chi connectivity index (χ1v) is 10.1. The Labute approximate surface area is 167 Å². The van der Waals surface area contributed by atoms with E-state index in [4.69, 9.17) is 0 Å². The van der Waals surface area contributed by atoms with Gasteiger partial charge in [0.05, 0.1) is 17.7 Å². The molecule has 2 heterocycles. The molecular weight excluding hydrogens is 393 g/mol. The van der Waals surface area contributed by atoms with E-state index in [0.717, 1.165) is 0 Å². The molecule has 11 heteroatoms. The summed E-state index contributed by atoms with van der Waals surface area (Å²) < 4.78 is 38.6. The van der Waals surface area contributed by atoms with E-state index in [9.17, 15) is 18.0 Å². The summed E-state index contributed by atoms with van der Waals surface area (Å²) in [5.74, 6) is 0.486. The molecule has 0 bridgehead atoms. The number of halogens is 3. The third kappa shape index (κ3) is 6.06. The second-order valence-corrected chi connectivity index (χ2v) is 7.35. The van der Waals surface area contributed by atoms with E-state index in [-0.39, 0.29) is 5.91 Å². The summed E-state index contributed by atoms with van der Waals surface area (Å²) in [6, 6.07) is -1.44. The molecule has 0 saturated carbocycles. The molecule has 7 nitrogen and oxygen atoms in total. The fourth-order valence-electron chi connectivity index (χ4n) is 2.89. The Morgan fingerprint density at radius 3 is 2.54 bits per heavy atom. The van der Waals surface area contributed by atoms with Crippen molar-refractivity contribution in [1.29, 1.82) is 0 Å². The van der Waals surface area contributed by atoms with E-state index in [1.165, 1.54) is 23.2 Å². The van der Waals surface area contributed by atoms with Crippen molar-refractivity contribution in [2.24, 2.45) is 4.99 Å². The van der Waals surface area contributed by atoms with E-state index >= 15 is 0 Å². The molecule has 28 heavy (non-hydrogen) atoms. The van der Waals surface area contributed by atoms with Crippen molar-refractivity contribution in [3.05, 3.63) is 16.1 Å². The van der Waals surface area contributed by atoms with Gasteiger partial charge in [-0.05, 0) is 20.8 Å². The summed E-state index contributed by atoms with van der Waals surface area (Å²) in [5.41, 5.74) is 2.33. The number of aryl methyl sites for hydroxylation is 1. The summed E-state index contributed by atoms with van der Waals surface area (Å²) in [7, 11) is 0. The van der Waals surface area contributed by atoms with Crippen LogP contribution in [0.4, 0.5) is 13.2 Å². The lowest BCUT2D eigenvalue weighted by Crippen LogP contribution is -2.56. The minimum absolute atomic E-state index is 0.171. The fraction of sp³-hybridized carbons (Fsp3) is 0.706. The molecule has 2 rings (SSSR count). The second kappa shape index (κ2) is 10.1. The normalized spacial score (nSPS) is 17.5. The highest BCUT2D eigenvalue weighted by Gasteiger charge is 2.41. The summed E-state index contributed by atoms with van der Waals surface area (Å²) in [6.45, 7) is 7.92. The molecule has 1 aromatic heterocycles. The van der Waals surface area contributed by atoms with Crippen molar-refractivity contribution < 1.29 is 18.0 Å². The maximum absolute atomic E-state index is 12.9. The zero-order chi connectivity index (χ0) is 20.7. The number of hydrogen-bond acceptors (Lipinski definition) is 5. The Kier molecular flexibility index (Phi) is 8.05. The van der Waals surface area contributed by atoms with Gasteiger partial charge in [-0.2, -0.15) is 13.2 Å². The molecule has 0 spiro atoms. The van der Waals surface area contributed by atoms with Gasteiger partial charge in [0, 0.05) is 39.3 Å². The van der Waals surface area contributed by atoms with Gasteiger partial charge in [-0.15, -0.1) is 11.3 Å². The number of aromatic nitrogens is 1. The van der Waals surface area contributed by atoms with Gasteiger partial charge >= 0.3 is 6.18 Å². The largest absolute Gasteiger partial charge is 0.403 e. The highest BCUT2D eigenvalue weighted by molar-refractivity contribution is 7.11. The molecule has 1 unspecified atom stereocenters. The Morgan fingerprint density at radius 1 is 1.32 bits per heavy atom. The molecule has 0 aromatic carbocycles. The zero-order valence-corrected chi connectivity index (χ0v) is 17.2. The van der Waals surface area contributed by atoms with Crippen LogP contribution in [0.15, 0.2) is 10.5 Å². The van der Waals surface area contributed by atoms with E-state index in [0.29, 0.717) is 62.3 Å². The molecule has 1 fully saturated rings. The average Bonchev–Trinajstić information content (AvgIpc) is 3.09. The van der Waals surface area contributed by atoms with E-state index in [2.05, 4.69) is 20.6 Å². The Bertz CT molecular complexity index is 670. The number of alkyl halides is 3. The number of nitrogens with zero attached hydrogens (tertiary/aromatic N) is 4. The zero-order valence-electron chi connectivity index (χ0n) is 16.3. The average molecular weight is 421 g/mol. The molecule has 0 aliphatic carbocycles. The third-order valence-corrected chi connectivity index (χ3v) is 5.51. The summed E-state index contributed by atoms with van der Waals surface area (Å²) in [6.07, 6.45) is -4.21. The van der Waals surface area contributed by atoms with Crippen LogP contribution in [0.25, 0.3) is 0 Å². The predicted octanol–water partition coefficient (Wildman–Crippen LogP) is 1.72. The number of piperazine rings is 1. The van der Waals surface area contributed by atoms with Gasteiger partial charge in [0.2, 0.25) is 0 Å². The molecular formula is C17H27F3N6OS. The number of hydrogen-bond donors (Lipinski definition) is 2. The monoisotopic (exact) mass is 420 g/mol. The molecule has 1 aliphatic rings. The number of nitrogens with one attached hydrogen (secondary N) is 2. The smallest absolute Gasteiger partial charge is 0.357 e. The van der Waals surface area contributed by atoms with E-state index in [1.807, 2.05) is 11.8 Å². The first kappa shape index (κ1) is 22.4. The van der Waals surface area contributed by atoms with Gasteiger partial charge in [0.15, 0.2) is 5.96 Å². The van der Waals surface area contributed by atoms with Crippen molar-refractivity contribution in [2.45, 2.75) is 33.0 Å². The van der Waals surface area contributed by atoms with Crippen molar-refractivity contribution in [3.63, 3.8) is 0 Å². The molecule has 1 aromatic rings. The SMILES string of the molecule is CCNC(=NCCNC(=O)c1scnc1C)N1CCN(C(C)C(F)(F)F)CC1. The molecule has 158 valence electrons. The lowest BCUT2D eigenvalue weighted by Gasteiger charge is -2.39. The van der Waals surface area contributed by atoms with Crippen LogP contribution in [0.1, 0.15) is 29.2 Å². The highest BCUT2D eigenvalue weighted by Crippen LogP contribution is 2.25. The van der Waals surface area contributed by atoms with Gasteiger partial charge < -0.3 is 15.5 Å². The van der Waals surface area contributed by atoms with Crippen molar-refractivity contribution in [3.8, 4) is 0 Å². The van der Waals surface area contributed by atoms with Crippen molar-refractivity contribution >= 4 is 23.2 Å². The quantitative estimate of drug-likeness (QED) is 0.417. The number of carbonyl (C=O) groups is 1. The van der Waals surface area contributed by atoms with E-state index < -0.39 is 12.2 Å². The standard InChI is InChI=1S/C17H27F3N6OS/c1-4-21-16(23-6-5-22-15(27)14-12(2)24-11-28-14)26-9-7-25(8-10-26)13(3)17(18,19)20/h11,13H,4-10H2,1-3H3,(H,21,23)(H,22,27). The van der Waals surface area contributed by atoms with Crippen LogP contribution in [0.3, 0.4) is 0 Å². The minimum Gasteiger partial charge on any atom is -0.357 e. The van der Waals surface area contributed by atoms with Crippen LogP contribution in [0.2, 0.25) is 0 Å². The molecule has 1 aliphatic heterocycles. The van der Waals surface area contributed by atoms with Crippen LogP contribution in [0, 0.1) is 6.92 Å². The topological polar surface area (TPSA) is 72.9 Å². The van der Waals surface area contributed by atoms with Crippen molar-refractivity contribution in [2.75, 3.05) is 45.8 Å². The molecule has 0 radical (unpaired) electrons. The van der Waals surface area contributed by atoms with Gasteiger partial charge in [-0.3, -0.25) is 14.7 Å². The molecule has 1 atom stereocenters. The van der Waals surface area contributed by atoms with Crippen LogP contribution in [-0.4, -0.2) is 84.7 Å². The maximum Gasteiger partial charge on any atom is 0.403 e. The van der Waals surface area contributed by atoms with Crippen LogP contribution in [-0.2, 0) is 0 Å². The predicted molar refractivity (Wildman–Crippen MR) is 104 cm³/mol. The van der Waals surface area contributed by atoms with Crippen LogP contribution in [0.5, 0.6) is 0 Å². The van der Waals surface area contributed by atoms with Gasteiger partial charge in [-0.25, -0.2) is 4.98 Å². The fourth-order valence-corrected chi connectivity index (χ4v) is 3.60. The molecule has 1 amide bonds. The lowest BCUT2D eigenvalue weighted by molar-refractivity contribution is -0.181. The van der Waals surface area contributed by atoms with Gasteiger partial charge in [0.1, 0.15) is 10.9 Å². The Balaban J connectivity index is 1.84. The van der Waals surface area contributed by atoms with Crippen LogP contribution < -0.4 is 10.6 Å². The highest BCUT2D eigenvalue weighted by atomic mass is 32.1. The molecule has 2 N–H and O–H groups in total. The number of aliphatic imine (C=N–C) groups is 1. The lowest BCUT2D eigenvalue weighted by atomic mass is 10.2. The third-order valence-electron chi connectivity index (χ3n) is 4.58. The van der Waals surface area contributed by atoms with Crippen molar-refractivity contribution in [1.82, 2.24) is 25.4 Å². The van der Waals surface area contributed by atoms with E-state index in [1.54, 1.807) is 12.4 Å². The number of rotatable bonds is 6. The Morgan fingerprint density at radius 2 is 2.00 bits per heavy atom. The number of amides is 1. The first-order valence-electron chi connectivity index (χ1n) is 9.26. The first-order chi connectivity index (χ1) is 13.2. The Hall–Kier alpha value is -1.88. The molecule has 1 saturated heterocycles. The summed E-state index contributed by atoms with van der Waals surface area (Å²) in [5, 5.41) is 5.98. The maximum atomic E-state index is 12.9. The summed E-state index contributed by atoms with van der Waals surface area (Å²) >= 11 is 1.29. The van der Waals surface area contributed by atoms with Gasteiger partial charge in [0.25, 0.3) is 5.91 Å². The number of guanidine groups is 1. The number of carbonyl (C=O) groups excluding carboxylic acids is 1. The minimum atomic E-state index is -4.21. The van der Waals surface area contributed by atoms with Gasteiger partial charge in [-0.1, -0.05) is 0 Å². The number of thiazole rings is 1. The summed E-state index contributed by atoms with van der Waals surface area (Å²) in [4.78, 5) is 24.6. The second-order valence-electron chi connectivity index (χ2n) is 6.50. The van der Waals surface area contributed by atoms with Crippen LogP contribution >= 0.6 is 11.3 Å².